The Balaban J connectivity index is 1.39. The second kappa shape index (κ2) is 10.8. The van der Waals surface area contributed by atoms with E-state index in [1.807, 2.05) is 18.2 Å². The molecule has 0 unspecified atom stereocenters. The van der Waals surface area contributed by atoms with Crippen LogP contribution >= 0.6 is 0 Å². The maximum atomic E-state index is 14.3. The summed E-state index contributed by atoms with van der Waals surface area (Å²) in [7, 11) is 1.71. The third kappa shape index (κ3) is 4.96. The van der Waals surface area contributed by atoms with E-state index < -0.39 is 12.0 Å². The fraction of sp³-hybridized carbons (Fsp3) is 0.600. The van der Waals surface area contributed by atoms with E-state index in [4.69, 9.17) is 4.74 Å². The molecule has 6 nitrogen and oxygen atoms in total. The summed E-state index contributed by atoms with van der Waals surface area (Å²) in [4.78, 5) is 29.2. The number of nitrogens with one attached hydrogen (secondary N) is 1. The molecule has 1 saturated heterocycles. The molecule has 1 aliphatic heterocycles. The van der Waals surface area contributed by atoms with E-state index in [0.717, 1.165) is 54.9 Å². The number of carboxylic acids is 1. The van der Waals surface area contributed by atoms with Crippen LogP contribution in [0.2, 0.25) is 0 Å². The minimum atomic E-state index is -0.914. The molecule has 5 fully saturated rings. The van der Waals surface area contributed by atoms with Gasteiger partial charge in [0.15, 0.2) is 0 Å². The fourth-order valence-corrected chi connectivity index (χ4v) is 8.59. The van der Waals surface area contributed by atoms with Gasteiger partial charge >= 0.3 is 5.97 Å². The summed E-state index contributed by atoms with van der Waals surface area (Å²) in [5, 5.41) is 14.6. The predicted octanol–water partition coefficient (Wildman–Crippen LogP) is 6.48. The van der Waals surface area contributed by atoms with Gasteiger partial charge in [-0.3, -0.25) is 4.79 Å². The van der Waals surface area contributed by atoms with Gasteiger partial charge < -0.3 is 20.1 Å². The average Bonchev–Trinajstić information content (AvgIpc) is 3.27. The van der Waals surface area contributed by atoms with Gasteiger partial charge in [0, 0.05) is 30.0 Å². The lowest BCUT2D eigenvalue weighted by molar-refractivity contribution is -0.154. The maximum absolute atomic E-state index is 14.3. The van der Waals surface area contributed by atoms with Crippen LogP contribution in [-0.4, -0.2) is 41.1 Å². The van der Waals surface area contributed by atoms with Gasteiger partial charge in [0.1, 0.15) is 11.8 Å². The molecule has 0 spiro atoms. The number of rotatable bonds is 8. The van der Waals surface area contributed by atoms with E-state index >= 15 is 0 Å². The highest BCUT2D eigenvalue weighted by molar-refractivity contribution is 5.87. The molecular formula is C35H46N2O4. The Hall–Kier alpha value is -2.86. The van der Waals surface area contributed by atoms with Crippen LogP contribution in [0.4, 0.5) is 0 Å². The Morgan fingerprint density at radius 1 is 1.02 bits per heavy atom. The Kier molecular flexibility index (Phi) is 7.42. The summed E-state index contributed by atoms with van der Waals surface area (Å²) >= 11 is 0. The van der Waals surface area contributed by atoms with Crippen molar-refractivity contribution >= 4 is 11.9 Å². The number of carboxylic acid groups (broad SMARTS) is 1. The molecule has 220 valence electrons. The van der Waals surface area contributed by atoms with Crippen molar-refractivity contribution in [3.05, 3.63) is 65.2 Å². The first-order valence-electron chi connectivity index (χ1n) is 15.6. The van der Waals surface area contributed by atoms with Crippen molar-refractivity contribution in [3.8, 4) is 5.75 Å². The zero-order valence-corrected chi connectivity index (χ0v) is 25.1. The number of amides is 1. The standard InChI is InChI=1S/C35H46N2O4/c1-34(2,3)28-29(36-21-25-17-26(15-16-27(25)41-4)35-18-22(19-35)20-35)30(23-11-7-5-8-12-23)37(31(28)33(39)40)32(38)24-13-9-6-10-14-24/h5,7-8,11-12,15-17,22,24,28-31,36H,6,9-10,13-14,18-21H2,1-4H3,(H,39,40)/t22?,28-,29-,30-,31-,35?/m0/s1. The van der Waals surface area contributed by atoms with Gasteiger partial charge in [-0.05, 0) is 66.0 Å². The molecule has 6 heteroatoms. The zero-order valence-electron chi connectivity index (χ0n) is 25.1. The van der Waals surface area contributed by atoms with Crippen LogP contribution < -0.4 is 10.1 Å². The molecule has 0 aromatic heterocycles. The van der Waals surface area contributed by atoms with Crippen molar-refractivity contribution in [3.63, 3.8) is 0 Å². The number of hydrogen-bond acceptors (Lipinski definition) is 4. The third-order valence-electron chi connectivity index (χ3n) is 10.7. The zero-order chi connectivity index (χ0) is 28.9. The smallest absolute Gasteiger partial charge is 0.326 e. The number of ether oxygens (including phenoxy) is 1. The Morgan fingerprint density at radius 3 is 2.27 bits per heavy atom. The molecule has 5 aliphatic rings. The van der Waals surface area contributed by atoms with E-state index in [0.29, 0.717) is 12.0 Å². The number of aliphatic carboxylic acids is 1. The molecule has 0 radical (unpaired) electrons. The minimum Gasteiger partial charge on any atom is -0.496 e. The first-order valence-corrected chi connectivity index (χ1v) is 15.6. The first-order chi connectivity index (χ1) is 19.6. The molecule has 1 heterocycles. The van der Waals surface area contributed by atoms with Crippen molar-refractivity contribution in [2.45, 2.75) is 102 Å². The lowest BCUT2D eigenvalue weighted by atomic mass is 9.42. The van der Waals surface area contributed by atoms with Crippen LogP contribution in [0.25, 0.3) is 0 Å². The summed E-state index contributed by atoms with van der Waals surface area (Å²) < 4.78 is 5.80. The molecule has 2 aromatic rings. The second-order valence-electron chi connectivity index (χ2n) is 14.3. The molecule has 7 rings (SSSR count). The molecular weight excluding hydrogens is 512 g/mol. The highest BCUT2D eigenvalue weighted by Gasteiger charge is 2.59. The number of carbonyl (C=O) groups is 2. The molecule has 4 aliphatic carbocycles. The summed E-state index contributed by atoms with van der Waals surface area (Å²) in [5.74, 6) is 0.442. The molecule has 4 saturated carbocycles. The van der Waals surface area contributed by atoms with Crippen LogP contribution in [0, 0.1) is 23.2 Å². The van der Waals surface area contributed by atoms with Crippen LogP contribution in [0.15, 0.2) is 48.5 Å². The number of carbonyl (C=O) groups excluding carboxylic acids is 1. The number of hydrogen-bond donors (Lipinski definition) is 2. The highest BCUT2D eigenvalue weighted by Crippen LogP contribution is 2.65. The monoisotopic (exact) mass is 558 g/mol. The average molecular weight is 559 g/mol. The van der Waals surface area contributed by atoms with E-state index in [1.165, 1.54) is 24.8 Å². The van der Waals surface area contributed by atoms with E-state index in [2.05, 4.69) is 56.4 Å². The first kappa shape index (κ1) is 28.3. The van der Waals surface area contributed by atoms with Gasteiger partial charge in [0.05, 0.1) is 13.2 Å². The summed E-state index contributed by atoms with van der Waals surface area (Å²) in [6.45, 7) is 6.89. The van der Waals surface area contributed by atoms with Gasteiger partial charge in [0.2, 0.25) is 5.91 Å². The predicted molar refractivity (Wildman–Crippen MR) is 160 cm³/mol. The SMILES string of the molecule is COc1ccc(C23CC(C2)C3)cc1CN[C@H]1[C@H](C(C)(C)C)[C@@H](C(=O)O)N(C(=O)C2CCCCC2)[C@H]1c1ccccc1. The minimum absolute atomic E-state index is 0.00713. The van der Waals surface area contributed by atoms with Crippen LogP contribution in [0.1, 0.15) is 94.9 Å². The number of methoxy groups -OCH3 is 1. The van der Waals surface area contributed by atoms with Crippen molar-refractivity contribution in [2.75, 3.05) is 7.11 Å². The molecule has 2 aromatic carbocycles. The molecule has 1 amide bonds. The Bertz CT molecular complexity index is 1260. The van der Waals surface area contributed by atoms with Gasteiger partial charge in [-0.25, -0.2) is 4.79 Å². The lowest BCUT2D eigenvalue weighted by Gasteiger charge is -2.62. The Labute approximate surface area is 244 Å². The van der Waals surface area contributed by atoms with Gasteiger partial charge in [-0.1, -0.05) is 82.5 Å². The largest absolute Gasteiger partial charge is 0.496 e. The van der Waals surface area contributed by atoms with Crippen molar-refractivity contribution in [1.29, 1.82) is 0 Å². The van der Waals surface area contributed by atoms with E-state index in [1.54, 1.807) is 12.0 Å². The van der Waals surface area contributed by atoms with Crippen molar-refractivity contribution in [1.82, 2.24) is 10.2 Å². The second-order valence-corrected chi connectivity index (χ2v) is 14.3. The van der Waals surface area contributed by atoms with E-state index in [-0.39, 0.29) is 35.2 Å². The summed E-state index contributed by atoms with van der Waals surface area (Å²) in [6.07, 6.45) is 8.75. The number of nitrogens with zero attached hydrogens (tertiary/aromatic N) is 1. The third-order valence-corrected chi connectivity index (χ3v) is 10.7. The maximum Gasteiger partial charge on any atom is 0.326 e. The Morgan fingerprint density at radius 2 is 1.71 bits per heavy atom. The van der Waals surface area contributed by atoms with Gasteiger partial charge in [-0.2, -0.15) is 0 Å². The molecule has 2 bridgehead atoms. The van der Waals surface area contributed by atoms with Crippen LogP contribution in [0.3, 0.4) is 0 Å². The van der Waals surface area contributed by atoms with Gasteiger partial charge in [0.25, 0.3) is 0 Å². The normalized spacial score (nSPS) is 31.3. The van der Waals surface area contributed by atoms with Crippen molar-refractivity contribution in [2.24, 2.45) is 23.2 Å². The molecule has 41 heavy (non-hydrogen) atoms. The fourth-order valence-electron chi connectivity index (χ4n) is 8.59. The van der Waals surface area contributed by atoms with Crippen molar-refractivity contribution < 1.29 is 19.4 Å². The lowest BCUT2D eigenvalue weighted by Crippen LogP contribution is -2.55. The van der Waals surface area contributed by atoms with E-state index in [9.17, 15) is 14.7 Å². The summed E-state index contributed by atoms with van der Waals surface area (Å²) in [6, 6.07) is 15.2. The molecule has 2 N–H and O–H groups in total. The number of likely N-dealkylation sites (tertiary alicyclic amines) is 1. The summed E-state index contributed by atoms with van der Waals surface area (Å²) in [5.41, 5.74) is 3.47. The number of benzene rings is 2. The quantitative estimate of drug-likeness (QED) is 0.388. The molecule has 4 atom stereocenters. The van der Waals surface area contributed by atoms with Gasteiger partial charge in [-0.15, -0.1) is 0 Å². The highest BCUT2D eigenvalue weighted by atomic mass is 16.5. The van der Waals surface area contributed by atoms with Crippen LogP contribution in [0.5, 0.6) is 5.75 Å². The van der Waals surface area contributed by atoms with Crippen LogP contribution in [-0.2, 0) is 21.5 Å². The topological polar surface area (TPSA) is 78.9 Å².